The first-order chi connectivity index (χ1) is 10.3. The van der Waals surface area contributed by atoms with Gasteiger partial charge in [0.1, 0.15) is 5.75 Å². The fraction of sp³-hybridized carbons (Fsp3) is 0.267. The minimum Gasteiger partial charge on any atom is -0.437 e. The van der Waals surface area contributed by atoms with Crippen molar-refractivity contribution in [1.82, 2.24) is 20.6 Å². The van der Waals surface area contributed by atoms with Crippen LogP contribution in [0, 0.1) is 0 Å². The molecule has 2 N–H and O–H groups in total. The fourth-order valence-electron chi connectivity index (χ4n) is 1.73. The maximum Gasteiger partial charge on any atom is 0.251 e. The Kier molecular flexibility index (Phi) is 5.66. The van der Waals surface area contributed by atoms with Crippen molar-refractivity contribution in [2.75, 3.05) is 20.1 Å². The SMILES string of the molecule is CNCCCNC(=O)c1cccc(Oc2cnccn2)c1. The van der Waals surface area contributed by atoms with Gasteiger partial charge in [0.15, 0.2) is 0 Å². The third-order valence-corrected chi connectivity index (χ3v) is 2.75. The Balaban J connectivity index is 1.95. The lowest BCUT2D eigenvalue weighted by atomic mass is 10.2. The number of ether oxygens (including phenoxy) is 1. The number of hydrogen-bond acceptors (Lipinski definition) is 5. The Morgan fingerprint density at radius 1 is 1.29 bits per heavy atom. The molecule has 0 aliphatic carbocycles. The number of aromatic nitrogens is 2. The lowest BCUT2D eigenvalue weighted by molar-refractivity contribution is 0.0953. The first kappa shape index (κ1) is 14.9. The molecule has 6 heteroatoms. The molecule has 1 aromatic heterocycles. The molecule has 2 rings (SSSR count). The molecule has 21 heavy (non-hydrogen) atoms. The zero-order chi connectivity index (χ0) is 14.9. The van der Waals surface area contributed by atoms with Crippen LogP contribution in [0.15, 0.2) is 42.9 Å². The minimum atomic E-state index is -0.115. The standard InChI is InChI=1S/C15H18N4O2/c1-16-6-3-7-19-15(20)12-4-2-5-13(10-12)21-14-11-17-8-9-18-14/h2,4-5,8-11,16H,3,6-7H2,1H3,(H,19,20). The summed E-state index contributed by atoms with van der Waals surface area (Å²) in [6.07, 6.45) is 5.53. The van der Waals surface area contributed by atoms with Crippen LogP contribution in [0.3, 0.4) is 0 Å². The predicted octanol–water partition coefficient (Wildman–Crippen LogP) is 1.61. The van der Waals surface area contributed by atoms with Gasteiger partial charge in [0.05, 0.1) is 6.20 Å². The first-order valence-electron chi connectivity index (χ1n) is 6.76. The van der Waals surface area contributed by atoms with Crippen LogP contribution in [-0.4, -0.2) is 36.0 Å². The Morgan fingerprint density at radius 3 is 2.95 bits per heavy atom. The van der Waals surface area contributed by atoms with Crippen molar-refractivity contribution in [1.29, 1.82) is 0 Å². The van der Waals surface area contributed by atoms with E-state index in [0.717, 1.165) is 13.0 Å². The summed E-state index contributed by atoms with van der Waals surface area (Å²) in [5.74, 6) is 0.832. The normalized spacial score (nSPS) is 10.1. The highest BCUT2D eigenvalue weighted by Crippen LogP contribution is 2.19. The van der Waals surface area contributed by atoms with Gasteiger partial charge in [0.25, 0.3) is 5.91 Å². The number of benzene rings is 1. The predicted molar refractivity (Wildman–Crippen MR) is 79.4 cm³/mol. The second-order valence-electron chi connectivity index (χ2n) is 4.39. The van der Waals surface area contributed by atoms with E-state index in [0.29, 0.717) is 23.7 Å². The van der Waals surface area contributed by atoms with Crippen LogP contribution >= 0.6 is 0 Å². The molecule has 0 aliphatic heterocycles. The van der Waals surface area contributed by atoms with Crippen molar-refractivity contribution in [2.45, 2.75) is 6.42 Å². The molecule has 0 atom stereocenters. The average Bonchev–Trinajstić information content (AvgIpc) is 2.53. The lowest BCUT2D eigenvalue weighted by Gasteiger charge is -2.07. The van der Waals surface area contributed by atoms with E-state index >= 15 is 0 Å². The van der Waals surface area contributed by atoms with Gasteiger partial charge in [-0.15, -0.1) is 0 Å². The van der Waals surface area contributed by atoms with Crippen molar-refractivity contribution in [3.05, 3.63) is 48.4 Å². The van der Waals surface area contributed by atoms with Gasteiger partial charge in [-0.2, -0.15) is 0 Å². The van der Waals surface area contributed by atoms with Gasteiger partial charge in [-0.1, -0.05) is 6.07 Å². The minimum absolute atomic E-state index is 0.115. The van der Waals surface area contributed by atoms with Crippen LogP contribution in [0.25, 0.3) is 0 Å². The Hall–Kier alpha value is -2.47. The van der Waals surface area contributed by atoms with Gasteiger partial charge in [0, 0.05) is 24.5 Å². The molecular formula is C15H18N4O2. The average molecular weight is 286 g/mol. The van der Waals surface area contributed by atoms with E-state index in [1.54, 1.807) is 36.7 Å². The zero-order valence-corrected chi connectivity index (χ0v) is 11.9. The molecule has 0 unspecified atom stereocenters. The maximum atomic E-state index is 12.0. The summed E-state index contributed by atoms with van der Waals surface area (Å²) >= 11 is 0. The fourth-order valence-corrected chi connectivity index (χ4v) is 1.73. The van der Waals surface area contributed by atoms with Crippen molar-refractivity contribution in [3.8, 4) is 11.6 Å². The molecule has 1 aromatic carbocycles. The summed E-state index contributed by atoms with van der Waals surface area (Å²) in [4.78, 5) is 19.9. The van der Waals surface area contributed by atoms with E-state index in [-0.39, 0.29) is 5.91 Å². The van der Waals surface area contributed by atoms with Gasteiger partial charge in [-0.05, 0) is 38.2 Å². The summed E-state index contributed by atoms with van der Waals surface area (Å²) in [6, 6.07) is 6.97. The molecular weight excluding hydrogens is 268 g/mol. The van der Waals surface area contributed by atoms with E-state index in [1.165, 1.54) is 6.20 Å². The molecule has 0 bridgehead atoms. The van der Waals surface area contributed by atoms with Crippen molar-refractivity contribution in [3.63, 3.8) is 0 Å². The highest BCUT2D eigenvalue weighted by Gasteiger charge is 2.07. The molecule has 0 saturated carbocycles. The number of hydrogen-bond donors (Lipinski definition) is 2. The van der Waals surface area contributed by atoms with E-state index in [1.807, 2.05) is 7.05 Å². The number of nitrogens with one attached hydrogen (secondary N) is 2. The van der Waals surface area contributed by atoms with Crippen LogP contribution in [0.4, 0.5) is 0 Å². The molecule has 1 heterocycles. The second-order valence-corrected chi connectivity index (χ2v) is 4.39. The Morgan fingerprint density at radius 2 is 2.19 bits per heavy atom. The largest absolute Gasteiger partial charge is 0.437 e. The molecule has 0 saturated heterocycles. The molecule has 0 fully saturated rings. The second kappa shape index (κ2) is 7.96. The lowest BCUT2D eigenvalue weighted by Crippen LogP contribution is -2.26. The quantitative estimate of drug-likeness (QED) is 0.756. The van der Waals surface area contributed by atoms with E-state index in [9.17, 15) is 4.79 Å². The number of amides is 1. The van der Waals surface area contributed by atoms with Gasteiger partial charge in [0.2, 0.25) is 5.88 Å². The molecule has 110 valence electrons. The summed E-state index contributed by atoms with van der Waals surface area (Å²) < 4.78 is 5.55. The number of carbonyl (C=O) groups is 1. The molecule has 0 aliphatic rings. The van der Waals surface area contributed by atoms with Crippen LogP contribution in [-0.2, 0) is 0 Å². The van der Waals surface area contributed by atoms with Gasteiger partial charge in [-0.3, -0.25) is 9.78 Å². The number of carbonyl (C=O) groups excluding carboxylic acids is 1. The molecule has 2 aromatic rings. The number of nitrogens with zero attached hydrogens (tertiary/aromatic N) is 2. The van der Waals surface area contributed by atoms with Crippen LogP contribution in [0.2, 0.25) is 0 Å². The third-order valence-electron chi connectivity index (χ3n) is 2.75. The Bertz CT molecular complexity index is 575. The summed E-state index contributed by atoms with van der Waals surface area (Å²) in [5, 5.41) is 5.90. The highest BCUT2D eigenvalue weighted by atomic mass is 16.5. The Labute approximate surface area is 123 Å². The zero-order valence-electron chi connectivity index (χ0n) is 11.9. The monoisotopic (exact) mass is 286 g/mol. The molecule has 0 radical (unpaired) electrons. The van der Waals surface area contributed by atoms with E-state index in [4.69, 9.17) is 4.74 Å². The van der Waals surface area contributed by atoms with Gasteiger partial charge >= 0.3 is 0 Å². The number of rotatable bonds is 7. The van der Waals surface area contributed by atoms with Crippen molar-refractivity contribution < 1.29 is 9.53 Å². The maximum absolute atomic E-state index is 12.0. The van der Waals surface area contributed by atoms with Crippen LogP contribution in [0.1, 0.15) is 16.8 Å². The molecule has 0 spiro atoms. The van der Waals surface area contributed by atoms with Gasteiger partial charge in [-0.25, -0.2) is 4.98 Å². The highest BCUT2D eigenvalue weighted by molar-refractivity contribution is 5.94. The van der Waals surface area contributed by atoms with E-state index < -0.39 is 0 Å². The smallest absolute Gasteiger partial charge is 0.251 e. The van der Waals surface area contributed by atoms with Crippen molar-refractivity contribution in [2.24, 2.45) is 0 Å². The van der Waals surface area contributed by atoms with Gasteiger partial charge < -0.3 is 15.4 Å². The summed E-state index contributed by atoms with van der Waals surface area (Å²) in [5.41, 5.74) is 0.556. The van der Waals surface area contributed by atoms with Crippen LogP contribution in [0.5, 0.6) is 11.6 Å². The third kappa shape index (κ3) is 4.85. The first-order valence-corrected chi connectivity index (χ1v) is 6.76. The topological polar surface area (TPSA) is 76.1 Å². The summed E-state index contributed by atoms with van der Waals surface area (Å²) in [6.45, 7) is 1.50. The molecule has 1 amide bonds. The van der Waals surface area contributed by atoms with Crippen LogP contribution < -0.4 is 15.4 Å². The van der Waals surface area contributed by atoms with E-state index in [2.05, 4.69) is 20.6 Å². The summed E-state index contributed by atoms with van der Waals surface area (Å²) in [7, 11) is 1.88. The van der Waals surface area contributed by atoms with Crippen molar-refractivity contribution >= 4 is 5.91 Å². The molecule has 6 nitrogen and oxygen atoms in total.